The smallest absolute Gasteiger partial charge is 0.0233 e. The Morgan fingerprint density at radius 3 is 1.44 bits per heavy atom. The van der Waals surface area contributed by atoms with Gasteiger partial charge in [0.1, 0.15) is 0 Å². The molecule has 0 radical (unpaired) electrons. The topological polar surface area (TPSA) is 0 Å². The van der Waals surface area contributed by atoms with Crippen LogP contribution in [0.15, 0.2) is 82.6 Å². The van der Waals surface area contributed by atoms with E-state index in [-0.39, 0.29) is 0 Å². The van der Waals surface area contributed by atoms with Crippen molar-refractivity contribution >= 4 is 33.3 Å². The lowest BCUT2D eigenvalue weighted by Crippen LogP contribution is -1.93. The largest absolute Gasteiger partial charge is 0.0882 e. The van der Waals surface area contributed by atoms with Gasteiger partial charge in [0.25, 0.3) is 0 Å². The van der Waals surface area contributed by atoms with Crippen LogP contribution in [-0.2, 0) is 12.8 Å². The van der Waals surface area contributed by atoms with E-state index in [1.165, 1.54) is 55.3 Å². The molecule has 27 heavy (non-hydrogen) atoms. The fourth-order valence-corrected chi connectivity index (χ4v) is 5.25. The number of rotatable bonds is 6. The van der Waals surface area contributed by atoms with Gasteiger partial charge in [-0.15, -0.1) is 0 Å². The predicted molar refractivity (Wildman–Crippen MR) is 120 cm³/mol. The molecular formula is C26H26S. The van der Waals surface area contributed by atoms with Crippen LogP contribution >= 0.6 is 11.8 Å². The third kappa shape index (κ3) is 3.61. The van der Waals surface area contributed by atoms with E-state index >= 15 is 0 Å². The fraction of sp³-hybridized carbons (Fsp3) is 0.231. The molecule has 0 N–H and O–H groups in total. The van der Waals surface area contributed by atoms with Crippen molar-refractivity contribution in [1.29, 1.82) is 0 Å². The first-order chi connectivity index (χ1) is 13.3. The second kappa shape index (κ2) is 8.19. The minimum atomic E-state index is 1.13. The van der Waals surface area contributed by atoms with Gasteiger partial charge < -0.3 is 0 Å². The predicted octanol–water partition coefficient (Wildman–Crippen LogP) is 8.05. The van der Waals surface area contributed by atoms with Crippen LogP contribution in [0.1, 0.15) is 37.8 Å². The minimum Gasteiger partial charge on any atom is -0.0882 e. The molecule has 0 nitrogen and oxygen atoms in total. The van der Waals surface area contributed by atoms with Crippen molar-refractivity contribution < 1.29 is 0 Å². The summed E-state index contributed by atoms with van der Waals surface area (Å²) in [6.07, 6.45) is 4.59. The average molecular weight is 371 g/mol. The highest BCUT2D eigenvalue weighted by molar-refractivity contribution is 8.00. The number of hydrogen-bond acceptors (Lipinski definition) is 1. The molecule has 0 unspecified atom stereocenters. The van der Waals surface area contributed by atoms with Crippen molar-refractivity contribution in [2.45, 2.75) is 49.3 Å². The minimum absolute atomic E-state index is 1.13. The van der Waals surface area contributed by atoms with Crippen molar-refractivity contribution in [2.24, 2.45) is 0 Å². The molecule has 0 aliphatic rings. The fourth-order valence-electron chi connectivity index (χ4n) is 3.85. The Kier molecular flexibility index (Phi) is 5.50. The van der Waals surface area contributed by atoms with Crippen molar-refractivity contribution in [3.05, 3.63) is 83.9 Å². The Balaban J connectivity index is 1.94. The molecule has 0 aromatic heterocycles. The summed E-state index contributed by atoms with van der Waals surface area (Å²) >= 11 is 1.98. The summed E-state index contributed by atoms with van der Waals surface area (Å²) in [5.41, 5.74) is 2.94. The molecule has 136 valence electrons. The quantitative estimate of drug-likeness (QED) is 0.331. The summed E-state index contributed by atoms with van der Waals surface area (Å²) in [5, 5.41) is 5.42. The Hall–Kier alpha value is -2.25. The molecule has 0 aliphatic heterocycles. The first-order valence-electron chi connectivity index (χ1n) is 10.0. The van der Waals surface area contributed by atoms with E-state index in [4.69, 9.17) is 0 Å². The molecule has 0 bridgehead atoms. The van der Waals surface area contributed by atoms with E-state index in [9.17, 15) is 0 Å². The van der Waals surface area contributed by atoms with Crippen LogP contribution in [0.4, 0.5) is 0 Å². The third-order valence-corrected chi connectivity index (χ3v) is 6.54. The first kappa shape index (κ1) is 18.1. The molecule has 4 aromatic rings. The van der Waals surface area contributed by atoms with Crippen LogP contribution in [0.5, 0.6) is 0 Å². The third-order valence-electron chi connectivity index (χ3n) is 5.17. The highest BCUT2D eigenvalue weighted by Crippen LogP contribution is 2.42. The van der Waals surface area contributed by atoms with E-state index in [0.29, 0.717) is 0 Å². The van der Waals surface area contributed by atoms with Crippen molar-refractivity contribution in [1.82, 2.24) is 0 Å². The second-order valence-electron chi connectivity index (χ2n) is 7.15. The lowest BCUT2D eigenvalue weighted by atomic mass is 10.0. The second-order valence-corrected chi connectivity index (χ2v) is 8.17. The van der Waals surface area contributed by atoms with Gasteiger partial charge in [0.05, 0.1) is 0 Å². The normalized spacial score (nSPS) is 11.3. The molecule has 0 atom stereocenters. The molecule has 0 saturated carbocycles. The summed E-state index contributed by atoms with van der Waals surface area (Å²) in [7, 11) is 0. The lowest BCUT2D eigenvalue weighted by molar-refractivity contribution is 0.900. The number of benzene rings is 4. The van der Waals surface area contributed by atoms with Gasteiger partial charge in [-0.1, -0.05) is 111 Å². The zero-order chi connectivity index (χ0) is 18.6. The molecule has 0 heterocycles. The van der Waals surface area contributed by atoms with Crippen LogP contribution < -0.4 is 0 Å². The molecular weight excluding hydrogens is 344 g/mol. The Labute approximate surface area is 166 Å². The molecule has 1 heteroatoms. The van der Waals surface area contributed by atoms with Gasteiger partial charge in [0.15, 0.2) is 0 Å². The number of aryl methyl sites for hydroxylation is 2. The maximum Gasteiger partial charge on any atom is 0.0233 e. The molecule has 4 rings (SSSR count). The van der Waals surface area contributed by atoms with Crippen LogP contribution in [-0.4, -0.2) is 0 Å². The summed E-state index contributed by atoms with van der Waals surface area (Å²) in [4.78, 5) is 2.87. The molecule has 0 saturated heterocycles. The summed E-state index contributed by atoms with van der Waals surface area (Å²) in [5.74, 6) is 0. The van der Waals surface area contributed by atoms with Gasteiger partial charge >= 0.3 is 0 Å². The molecule has 0 fully saturated rings. The molecule has 0 aliphatic carbocycles. The lowest BCUT2D eigenvalue weighted by Gasteiger charge is -2.17. The maximum atomic E-state index is 2.33. The van der Waals surface area contributed by atoms with Gasteiger partial charge in [-0.2, -0.15) is 0 Å². The average Bonchev–Trinajstić information content (AvgIpc) is 2.71. The summed E-state index contributed by atoms with van der Waals surface area (Å²) < 4.78 is 0. The SMILES string of the molecule is CCCc1ccc2ccccc2c1Sc1c(CCC)ccc2ccccc12. The highest BCUT2D eigenvalue weighted by Gasteiger charge is 2.14. The Morgan fingerprint density at radius 1 is 0.556 bits per heavy atom. The van der Waals surface area contributed by atoms with Crippen molar-refractivity contribution in [3.63, 3.8) is 0 Å². The zero-order valence-corrected chi connectivity index (χ0v) is 17.0. The molecule has 0 spiro atoms. The van der Waals surface area contributed by atoms with Crippen LogP contribution in [0.25, 0.3) is 21.5 Å². The van der Waals surface area contributed by atoms with Gasteiger partial charge in [-0.25, -0.2) is 0 Å². The van der Waals surface area contributed by atoms with Crippen LogP contribution in [0.2, 0.25) is 0 Å². The van der Waals surface area contributed by atoms with Crippen molar-refractivity contribution in [2.75, 3.05) is 0 Å². The van der Waals surface area contributed by atoms with Crippen LogP contribution in [0, 0.1) is 0 Å². The Bertz CT molecular complexity index is 991. The first-order valence-corrected chi connectivity index (χ1v) is 10.8. The van der Waals surface area contributed by atoms with E-state index in [0.717, 1.165) is 12.8 Å². The van der Waals surface area contributed by atoms with Gasteiger partial charge in [0, 0.05) is 9.79 Å². The maximum absolute atomic E-state index is 2.33. The number of hydrogen-bond donors (Lipinski definition) is 0. The monoisotopic (exact) mass is 370 g/mol. The summed E-state index contributed by atoms with van der Waals surface area (Å²) in [6, 6.07) is 26.8. The van der Waals surface area contributed by atoms with E-state index in [1.54, 1.807) is 0 Å². The zero-order valence-electron chi connectivity index (χ0n) is 16.2. The molecule has 0 amide bonds. The highest BCUT2D eigenvalue weighted by atomic mass is 32.2. The van der Waals surface area contributed by atoms with Gasteiger partial charge in [0.2, 0.25) is 0 Å². The number of fused-ring (bicyclic) bond motifs is 2. The molecule has 4 aromatic carbocycles. The van der Waals surface area contributed by atoms with Crippen LogP contribution in [0.3, 0.4) is 0 Å². The van der Waals surface area contributed by atoms with Gasteiger partial charge in [-0.05, 0) is 45.5 Å². The van der Waals surface area contributed by atoms with E-state index in [2.05, 4.69) is 86.6 Å². The van der Waals surface area contributed by atoms with E-state index in [1.807, 2.05) is 11.8 Å². The standard InChI is InChI=1S/C26H26S/c1-3-9-21-17-15-19-11-5-7-13-23(19)25(21)27-26-22(10-4-2)18-16-20-12-6-8-14-24(20)26/h5-8,11-18H,3-4,9-10H2,1-2H3. The Morgan fingerprint density at radius 2 is 1.00 bits per heavy atom. The van der Waals surface area contributed by atoms with Crippen molar-refractivity contribution in [3.8, 4) is 0 Å². The summed E-state index contributed by atoms with van der Waals surface area (Å²) in [6.45, 7) is 4.54. The van der Waals surface area contributed by atoms with E-state index < -0.39 is 0 Å². The van der Waals surface area contributed by atoms with Gasteiger partial charge in [-0.3, -0.25) is 0 Å².